The van der Waals surface area contributed by atoms with E-state index in [4.69, 9.17) is 12.2 Å². The summed E-state index contributed by atoms with van der Waals surface area (Å²) < 4.78 is 26.1. The van der Waals surface area contributed by atoms with Gasteiger partial charge in [0.15, 0.2) is 5.11 Å². The van der Waals surface area contributed by atoms with Crippen molar-refractivity contribution in [3.05, 3.63) is 29.8 Å². The monoisotopic (exact) mass is 370 g/mol. The van der Waals surface area contributed by atoms with Crippen LogP contribution in [0.15, 0.2) is 29.2 Å². The summed E-state index contributed by atoms with van der Waals surface area (Å²) in [6.07, 6.45) is 4.54. The lowest BCUT2D eigenvalue weighted by atomic mass is 10.2. The van der Waals surface area contributed by atoms with Gasteiger partial charge in [-0.15, -0.1) is 0 Å². The molecule has 0 spiro atoms. The molecule has 1 amide bonds. The summed E-state index contributed by atoms with van der Waals surface area (Å²) in [6.45, 7) is 2.01. The molecule has 0 heterocycles. The van der Waals surface area contributed by atoms with Crippen molar-refractivity contribution >= 4 is 33.3 Å². The Kier molecular flexibility index (Phi) is 6.52. The zero-order chi connectivity index (χ0) is 17.6. The first-order valence-corrected chi connectivity index (χ1v) is 9.78. The summed E-state index contributed by atoms with van der Waals surface area (Å²) in [6, 6.07) is 6.05. The predicted molar refractivity (Wildman–Crippen MR) is 95.9 cm³/mol. The van der Waals surface area contributed by atoms with Gasteiger partial charge in [0.25, 0.3) is 5.91 Å². The van der Waals surface area contributed by atoms with Gasteiger partial charge in [-0.05, 0) is 49.3 Å². The molecule has 0 bridgehead atoms. The van der Waals surface area contributed by atoms with Crippen molar-refractivity contribution in [2.24, 2.45) is 0 Å². The first kappa shape index (κ1) is 18.6. The molecular formula is C15H22N4O3S2. The van der Waals surface area contributed by atoms with Crippen molar-refractivity contribution in [2.45, 2.75) is 43.5 Å². The van der Waals surface area contributed by atoms with Gasteiger partial charge in [0, 0.05) is 18.2 Å². The molecule has 0 unspecified atom stereocenters. The van der Waals surface area contributed by atoms with Gasteiger partial charge in [-0.25, -0.2) is 13.1 Å². The molecule has 0 aromatic heterocycles. The number of amides is 1. The number of thiocarbonyl (C=S) groups is 1. The summed E-state index contributed by atoms with van der Waals surface area (Å²) in [5.74, 6) is -0.391. The molecule has 1 aliphatic carbocycles. The van der Waals surface area contributed by atoms with Crippen LogP contribution in [-0.2, 0) is 10.0 Å². The third-order valence-electron chi connectivity index (χ3n) is 3.74. The minimum atomic E-state index is -3.52. The molecule has 1 aromatic carbocycles. The second-order valence-corrected chi connectivity index (χ2v) is 7.73. The van der Waals surface area contributed by atoms with Crippen LogP contribution in [0, 0.1) is 0 Å². The molecule has 2 rings (SSSR count). The lowest BCUT2D eigenvalue weighted by Gasteiger charge is -2.16. The van der Waals surface area contributed by atoms with Gasteiger partial charge in [0.2, 0.25) is 10.0 Å². The van der Waals surface area contributed by atoms with Crippen LogP contribution in [0.4, 0.5) is 0 Å². The summed E-state index contributed by atoms with van der Waals surface area (Å²) in [7, 11) is -3.52. The quantitative estimate of drug-likeness (QED) is 0.457. The zero-order valence-corrected chi connectivity index (χ0v) is 15.1. The molecule has 7 nitrogen and oxygen atoms in total. The average molecular weight is 371 g/mol. The van der Waals surface area contributed by atoms with E-state index in [2.05, 4.69) is 20.9 Å². The molecule has 1 aliphatic rings. The van der Waals surface area contributed by atoms with Crippen LogP contribution in [0.2, 0.25) is 0 Å². The fourth-order valence-corrected chi connectivity index (χ4v) is 3.79. The summed E-state index contributed by atoms with van der Waals surface area (Å²) >= 11 is 5.13. The Bertz CT molecular complexity index is 683. The maximum Gasteiger partial charge on any atom is 0.269 e. The fourth-order valence-electron chi connectivity index (χ4n) is 2.54. The number of sulfonamides is 1. The van der Waals surface area contributed by atoms with E-state index >= 15 is 0 Å². The SMILES string of the molecule is CCNS(=O)(=O)c1ccc(C(=O)NNC(=S)NC2CCCC2)cc1. The molecule has 1 aromatic rings. The largest absolute Gasteiger partial charge is 0.359 e. The molecule has 1 fully saturated rings. The Hall–Kier alpha value is -1.71. The van der Waals surface area contributed by atoms with E-state index in [0.717, 1.165) is 12.8 Å². The van der Waals surface area contributed by atoms with Crippen LogP contribution < -0.4 is 20.9 Å². The number of rotatable bonds is 5. The minimum Gasteiger partial charge on any atom is -0.359 e. The molecule has 0 aliphatic heterocycles. The highest BCUT2D eigenvalue weighted by Crippen LogP contribution is 2.17. The number of benzene rings is 1. The van der Waals surface area contributed by atoms with Crippen LogP contribution in [0.1, 0.15) is 43.0 Å². The van der Waals surface area contributed by atoms with Crippen LogP contribution in [0.5, 0.6) is 0 Å². The Morgan fingerprint density at radius 2 is 1.79 bits per heavy atom. The number of carbonyl (C=O) groups excluding carboxylic acids is 1. The van der Waals surface area contributed by atoms with Crippen molar-refractivity contribution in [2.75, 3.05) is 6.54 Å². The van der Waals surface area contributed by atoms with Crippen molar-refractivity contribution < 1.29 is 13.2 Å². The number of carbonyl (C=O) groups is 1. The molecule has 0 radical (unpaired) electrons. The molecule has 4 N–H and O–H groups in total. The van der Waals surface area contributed by atoms with Crippen LogP contribution >= 0.6 is 12.2 Å². The maximum atomic E-state index is 12.0. The number of nitrogens with one attached hydrogen (secondary N) is 4. The molecule has 24 heavy (non-hydrogen) atoms. The zero-order valence-electron chi connectivity index (χ0n) is 13.5. The third-order valence-corrected chi connectivity index (χ3v) is 5.52. The Morgan fingerprint density at radius 1 is 1.17 bits per heavy atom. The number of hydrogen-bond acceptors (Lipinski definition) is 4. The maximum absolute atomic E-state index is 12.0. The van der Waals surface area contributed by atoms with Crippen molar-refractivity contribution in [3.8, 4) is 0 Å². The fraction of sp³-hybridized carbons (Fsp3) is 0.467. The molecule has 0 saturated heterocycles. The Morgan fingerprint density at radius 3 is 2.38 bits per heavy atom. The van der Waals surface area contributed by atoms with Crippen LogP contribution in [-0.4, -0.2) is 32.0 Å². The van der Waals surface area contributed by atoms with Gasteiger partial charge in [0.1, 0.15) is 0 Å². The smallest absolute Gasteiger partial charge is 0.269 e. The predicted octanol–water partition coefficient (Wildman–Crippen LogP) is 1.04. The van der Waals surface area contributed by atoms with E-state index in [1.54, 1.807) is 6.92 Å². The van der Waals surface area contributed by atoms with Crippen molar-refractivity contribution in [1.29, 1.82) is 0 Å². The van der Waals surface area contributed by atoms with E-state index in [0.29, 0.717) is 23.3 Å². The summed E-state index contributed by atoms with van der Waals surface area (Å²) in [5.41, 5.74) is 5.50. The summed E-state index contributed by atoms with van der Waals surface area (Å²) in [5, 5.41) is 3.52. The Balaban J connectivity index is 1.87. The number of hydrazine groups is 1. The minimum absolute atomic E-state index is 0.118. The molecule has 0 atom stereocenters. The van der Waals surface area contributed by atoms with Crippen molar-refractivity contribution in [3.63, 3.8) is 0 Å². The standard InChI is InChI=1S/C15H22N4O3S2/c1-2-16-24(21,22)13-9-7-11(8-10-13)14(20)18-19-15(23)17-12-5-3-4-6-12/h7-10,12,16H,2-6H2,1H3,(H,18,20)(H2,17,19,23). The van der Waals surface area contributed by atoms with Crippen molar-refractivity contribution in [1.82, 2.24) is 20.9 Å². The average Bonchev–Trinajstić information content (AvgIpc) is 3.05. The van der Waals surface area contributed by atoms with E-state index in [-0.39, 0.29) is 4.90 Å². The van der Waals surface area contributed by atoms with E-state index < -0.39 is 15.9 Å². The first-order chi connectivity index (χ1) is 11.4. The van der Waals surface area contributed by atoms with E-state index in [1.807, 2.05) is 0 Å². The molecular weight excluding hydrogens is 348 g/mol. The highest BCUT2D eigenvalue weighted by atomic mass is 32.2. The topological polar surface area (TPSA) is 99.3 Å². The number of hydrogen-bond donors (Lipinski definition) is 4. The third kappa shape index (κ3) is 5.15. The lowest BCUT2D eigenvalue weighted by Crippen LogP contribution is -2.49. The second kappa shape index (κ2) is 8.41. The summed E-state index contributed by atoms with van der Waals surface area (Å²) in [4.78, 5) is 12.2. The van der Waals surface area contributed by atoms with E-state index in [9.17, 15) is 13.2 Å². The normalized spacial score (nSPS) is 15.0. The Labute approximate surface area is 147 Å². The molecule has 9 heteroatoms. The molecule has 132 valence electrons. The van der Waals surface area contributed by atoms with Gasteiger partial charge in [-0.1, -0.05) is 19.8 Å². The van der Waals surface area contributed by atoms with Gasteiger partial charge < -0.3 is 5.32 Å². The highest BCUT2D eigenvalue weighted by Gasteiger charge is 2.16. The van der Waals surface area contributed by atoms with Gasteiger partial charge in [-0.3, -0.25) is 15.6 Å². The van der Waals surface area contributed by atoms with Gasteiger partial charge in [0.05, 0.1) is 4.90 Å². The lowest BCUT2D eigenvalue weighted by molar-refractivity contribution is 0.0943. The highest BCUT2D eigenvalue weighted by molar-refractivity contribution is 7.89. The van der Waals surface area contributed by atoms with E-state index in [1.165, 1.54) is 37.1 Å². The van der Waals surface area contributed by atoms with Crippen LogP contribution in [0.25, 0.3) is 0 Å². The molecule has 1 saturated carbocycles. The second-order valence-electron chi connectivity index (χ2n) is 5.56. The first-order valence-electron chi connectivity index (χ1n) is 7.89. The van der Waals surface area contributed by atoms with Gasteiger partial charge in [-0.2, -0.15) is 0 Å². The van der Waals surface area contributed by atoms with Crippen LogP contribution in [0.3, 0.4) is 0 Å². The van der Waals surface area contributed by atoms with Gasteiger partial charge >= 0.3 is 0 Å².